The molecule has 2 amide bonds. The van der Waals surface area contributed by atoms with Crippen molar-refractivity contribution >= 4 is 34.1 Å². The zero-order chi connectivity index (χ0) is 24.4. The average molecular weight is 485 g/mol. The molecule has 0 aliphatic carbocycles. The summed E-state index contributed by atoms with van der Waals surface area (Å²) in [6.07, 6.45) is 1.45. The van der Waals surface area contributed by atoms with Crippen LogP contribution in [0.1, 0.15) is 20.0 Å². The second kappa shape index (κ2) is 9.32. The van der Waals surface area contributed by atoms with Gasteiger partial charge in [0.25, 0.3) is 17.4 Å². The molecule has 0 aliphatic heterocycles. The van der Waals surface area contributed by atoms with Crippen molar-refractivity contribution < 1.29 is 14.0 Å². The number of para-hydroxylation sites is 1. The van der Waals surface area contributed by atoms with Gasteiger partial charge in [0.15, 0.2) is 0 Å². The number of fused-ring (bicyclic) bond motifs is 1. The average Bonchev–Trinajstić information content (AvgIpc) is 3.39. The SMILES string of the molecule is O=C(NNC(=O)c1ccc(-c2ccc(F)cc2)s1)c1ccc(-n2cnc3ccccc3c2=O)cc1. The molecular formula is C26H17FN4O3S. The molecule has 3 aromatic carbocycles. The number of carbonyl (C=O) groups excluding carboxylic acids is 2. The van der Waals surface area contributed by atoms with E-state index in [1.54, 1.807) is 66.7 Å². The molecule has 0 spiro atoms. The van der Waals surface area contributed by atoms with Gasteiger partial charge in [-0.2, -0.15) is 0 Å². The van der Waals surface area contributed by atoms with Gasteiger partial charge in [-0.25, -0.2) is 9.37 Å². The lowest BCUT2D eigenvalue weighted by atomic mass is 10.2. The van der Waals surface area contributed by atoms with Crippen LogP contribution >= 0.6 is 11.3 Å². The van der Waals surface area contributed by atoms with Crippen molar-refractivity contribution in [2.45, 2.75) is 0 Å². The van der Waals surface area contributed by atoms with E-state index in [2.05, 4.69) is 15.8 Å². The van der Waals surface area contributed by atoms with Crippen LogP contribution in [0.25, 0.3) is 27.0 Å². The zero-order valence-electron chi connectivity index (χ0n) is 18.1. The fraction of sp³-hybridized carbons (Fsp3) is 0. The van der Waals surface area contributed by atoms with E-state index in [0.717, 1.165) is 10.4 Å². The van der Waals surface area contributed by atoms with Gasteiger partial charge in [-0.3, -0.25) is 29.8 Å². The normalized spacial score (nSPS) is 10.8. The second-order valence-corrected chi connectivity index (χ2v) is 8.65. The monoisotopic (exact) mass is 484 g/mol. The van der Waals surface area contributed by atoms with E-state index in [0.29, 0.717) is 27.0 Å². The van der Waals surface area contributed by atoms with Gasteiger partial charge in [0.2, 0.25) is 0 Å². The van der Waals surface area contributed by atoms with Crippen LogP contribution in [-0.2, 0) is 0 Å². The molecular weight excluding hydrogens is 467 g/mol. The molecule has 0 saturated heterocycles. The van der Waals surface area contributed by atoms with E-state index in [1.165, 1.54) is 34.4 Å². The molecule has 0 atom stereocenters. The Morgan fingerprint density at radius 3 is 2.31 bits per heavy atom. The predicted octanol–water partition coefficient (Wildman–Crippen LogP) is 4.33. The molecule has 0 unspecified atom stereocenters. The molecule has 172 valence electrons. The van der Waals surface area contributed by atoms with Crippen molar-refractivity contribution in [2.24, 2.45) is 0 Å². The van der Waals surface area contributed by atoms with Gasteiger partial charge in [0.1, 0.15) is 12.1 Å². The van der Waals surface area contributed by atoms with Crippen molar-refractivity contribution in [3.8, 4) is 16.1 Å². The Kier molecular flexibility index (Phi) is 5.90. The Morgan fingerprint density at radius 1 is 0.829 bits per heavy atom. The molecule has 0 fully saturated rings. The van der Waals surface area contributed by atoms with Crippen LogP contribution in [0.4, 0.5) is 4.39 Å². The number of hydrazine groups is 1. The molecule has 0 saturated carbocycles. The summed E-state index contributed by atoms with van der Waals surface area (Å²) < 4.78 is 14.5. The van der Waals surface area contributed by atoms with Crippen LogP contribution in [-0.4, -0.2) is 21.4 Å². The van der Waals surface area contributed by atoms with Crippen molar-refractivity contribution in [3.63, 3.8) is 0 Å². The summed E-state index contributed by atoms with van der Waals surface area (Å²) in [7, 11) is 0. The first-order chi connectivity index (χ1) is 17.0. The first kappa shape index (κ1) is 22.2. The van der Waals surface area contributed by atoms with Gasteiger partial charge in [0.05, 0.1) is 21.5 Å². The van der Waals surface area contributed by atoms with Crippen LogP contribution in [0, 0.1) is 5.82 Å². The molecule has 5 rings (SSSR count). The Balaban J connectivity index is 1.25. The molecule has 7 nitrogen and oxygen atoms in total. The summed E-state index contributed by atoms with van der Waals surface area (Å²) >= 11 is 1.22. The Labute approximate surface area is 202 Å². The van der Waals surface area contributed by atoms with E-state index in [-0.39, 0.29) is 11.4 Å². The largest absolute Gasteiger partial charge is 0.279 e. The molecule has 0 bridgehead atoms. The van der Waals surface area contributed by atoms with E-state index in [1.807, 2.05) is 6.07 Å². The maximum atomic E-state index is 13.1. The highest BCUT2D eigenvalue weighted by Crippen LogP contribution is 2.28. The van der Waals surface area contributed by atoms with Crippen LogP contribution in [0.5, 0.6) is 0 Å². The maximum Gasteiger partial charge on any atom is 0.279 e. The van der Waals surface area contributed by atoms with Crippen LogP contribution < -0.4 is 16.4 Å². The number of nitrogens with one attached hydrogen (secondary N) is 2. The highest BCUT2D eigenvalue weighted by atomic mass is 32.1. The molecule has 2 N–H and O–H groups in total. The van der Waals surface area contributed by atoms with Gasteiger partial charge >= 0.3 is 0 Å². The minimum Gasteiger partial charge on any atom is -0.268 e. The van der Waals surface area contributed by atoms with Crippen molar-refractivity contribution in [3.05, 3.63) is 118 Å². The number of aromatic nitrogens is 2. The van der Waals surface area contributed by atoms with E-state index < -0.39 is 11.8 Å². The first-order valence-corrected chi connectivity index (χ1v) is 11.3. The Bertz CT molecular complexity index is 1610. The first-order valence-electron chi connectivity index (χ1n) is 10.5. The third-order valence-electron chi connectivity index (χ3n) is 5.32. The third kappa shape index (κ3) is 4.57. The molecule has 0 radical (unpaired) electrons. The van der Waals surface area contributed by atoms with Crippen molar-refractivity contribution in [1.29, 1.82) is 0 Å². The minimum atomic E-state index is -0.510. The number of halogens is 1. The summed E-state index contributed by atoms with van der Waals surface area (Å²) in [4.78, 5) is 43.2. The lowest BCUT2D eigenvalue weighted by Crippen LogP contribution is -2.41. The molecule has 5 aromatic rings. The van der Waals surface area contributed by atoms with Gasteiger partial charge in [-0.15, -0.1) is 11.3 Å². The van der Waals surface area contributed by atoms with Gasteiger partial charge in [-0.05, 0) is 66.2 Å². The number of amides is 2. The Hall–Kier alpha value is -4.63. The lowest BCUT2D eigenvalue weighted by Gasteiger charge is -2.09. The number of carbonyl (C=O) groups is 2. The quantitative estimate of drug-likeness (QED) is 0.372. The van der Waals surface area contributed by atoms with Crippen LogP contribution in [0.15, 0.2) is 96.1 Å². The highest BCUT2D eigenvalue weighted by Gasteiger charge is 2.13. The second-order valence-electron chi connectivity index (χ2n) is 7.56. The molecule has 0 aliphatic rings. The Morgan fingerprint density at radius 2 is 1.54 bits per heavy atom. The van der Waals surface area contributed by atoms with Crippen LogP contribution in [0.2, 0.25) is 0 Å². The molecule has 2 aromatic heterocycles. The molecule has 9 heteroatoms. The molecule has 35 heavy (non-hydrogen) atoms. The maximum absolute atomic E-state index is 13.1. The van der Waals surface area contributed by atoms with Crippen LogP contribution in [0.3, 0.4) is 0 Å². The zero-order valence-corrected chi connectivity index (χ0v) is 18.9. The van der Waals surface area contributed by atoms with Crippen molar-refractivity contribution in [1.82, 2.24) is 20.4 Å². The number of hydrogen-bond acceptors (Lipinski definition) is 5. The topological polar surface area (TPSA) is 93.1 Å². The summed E-state index contributed by atoms with van der Waals surface area (Å²) in [5.41, 5.74) is 6.82. The van der Waals surface area contributed by atoms with Gasteiger partial charge in [0, 0.05) is 10.4 Å². The number of hydrogen-bond donors (Lipinski definition) is 2. The summed E-state index contributed by atoms with van der Waals surface area (Å²) in [6, 6.07) is 22.8. The number of benzene rings is 3. The third-order valence-corrected chi connectivity index (χ3v) is 6.45. The predicted molar refractivity (Wildman–Crippen MR) is 132 cm³/mol. The van der Waals surface area contributed by atoms with E-state index >= 15 is 0 Å². The molecule has 2 heterocycles. The summed E-state index contributed by atoms with van der Waals surface area (Å²) in [5, 5.41) is 0.496. The minimum absolute atomic E-state index is 0.212. The number of rotatable bonds is 4. The summed E-state index contributed by atoms with van der Waals surface area (Å²) in [6.45, 7) is 0. The van der Waals surface area contributed by atoms with E-state index in [9.17, 15) is 18.8 Å². The fourth-order valence-corrected chi connectivity index (χ4v) is 4.41. The van der Waals surface area contributed by atoms with Crippen molar-refractivity contribution in [2.75, 3.05) is 0 Å². The number of thiophene rings is 1. The summed E-state index contributed by atoms with van der Waals surface area (Å²) in [5.74, 6) is -1.31. The highest BCUT2D eigenvalue weighted by molar-refractivity contribution is 7.17. The van der Waals surface area contributed by atoms with E-state index in [4.69, 9.17) is 0 Å². The van der Waals surface area contributed by atoms with Gasteiger partial charge in [-0.1, -0.05) is 24.3 Å². The lowest BCUT2D eigenvalue weighted by molar-refractivity contribution is 0.0849. The standard InChI is InChI=1S/C26H17FN4O3S/c27-18-9-5-16(6-10-18)22-13-14-23(35-22)25(33)30-29-24(32)17-7-11-19(12-8-17)31-15-28-21-4-2-1-3-20(21)26(31)34/h1-15H,(H,29,32)(H,30,33). The number of nitrogens with zero attached hydrogens (tertiary/aromatic N) is 2. The smallest absolute Gasteiger partial charge is 0.268 e. The van der Waals surface area contributed by atoms with Gasteiger partial charge < -0.3 is 0 Å². The fourth-order valence-electron chi connectivity index (χ4n) is 3.50.